The minimum absolute atomic E-state index is 0.00608. The summed E-state index contributed by atoms with van der Waals surface area (Å²) in [5.41, 5.74) is -0.190. The molecule has 0 spiro atoms. The molecule has 0 unspecified atom stereocenters. The standard InChI is InChI=1S/C15H14FN3O5/c1-3-18-13(22)14(23)19(15(18)24)7-12(21)10-5-4-9(6-11(10)16)17-8(2)20/h4-6H,3,7H2,1-2H3,(H,17,20). The van der Waals surface area contributed by atoms with Crippen LogP contribution >= 0.6 is 0 Å². The number of nitrogens with zero attached hydrogens (tertiary/aromatic N) is 2. The Morgan fingerprint density at radius 2 is 1.75 bits per heavy atom. The first-order valence-electron chi connectivity index (χ1n) is 7.04. The first kappa shape index (κ1) is 17.3. The van der Waals surface area contributed by atoms with Gasteiger partial charge in [0.1, 0.15) is 5.82 Å². The zero-order valence-electron chi connectivity index (χ0n) is 13.0. The van der Waals surface area contributed by atoms with E-state index in [1.165, 1.54) is 19.9 Å². The highest BCUT2D eigenvalue weighted by molar-refractivity contribution is 6.45. The number of benzene rings is 1. The Balaban J connectivity index is 2.18. The zero-order valence-corrected chi connectivity index (χ0v) is 13.0. The number of Topliss-reactive ketones (excluding diaryl/α,β-unsaturated/α-hetero) is 1. The molecule has 1 heterocycles. The Labute approximate surface area is 136 Å². The highest BCUT2D eigenvalue weighted by atomic mass is 19.1. The molecule has 1 N–H and O–H groups in total. The van der Waals surface area contributed by atoms with Gasteiger partial charge in [-0.15, -0.1) is 0 Å². The fourth-order valence-corrected chi connectivity index (χ4v) is 2.22. The van der Waals surface area contributed by atoms with Crippen molar-refractivity contribution >= 4 is 35.2 Å². The molecular formula is C15H14FN3O5. The van der Waals surface area contributed by atoms with Crippen molar-refractivity contribution in [2.24, 2.45) is 0 Å². The van der Waals surface area contributed by atoms with Crippen LogP contribution in [0.25, 0.3) is 0 Å². The molecule has 9 heteroatoms. The van der Waals surface area contributed by atoms with Crippen LogP contribution in [0.2, 0.25) is 0 Å². The summed E-state index contributed by atoms with van der Waals surface area (Å²) in [4.78, 5) is 59.5. The van der Waals surface area contributed by atoms with Gasteiger partial charge in [-0.25, -0.2) is 14.1 Å². The molecule has 0 aliphatic carbocycles. The van der Waals surface area contributed by atoms with Gasteiger partial charge < -0.3 is 5.32 Å². The van der Waals surface area contributed by atoms with Crippen molar-refractivity contribution in [2.45, 2.75) is 13.8 Å². The molecule has 1 aliphatic rings. The molecule has 1 fully saturated rings. The Kier molecular flexibility index (Phi) is 4.72. The second kappa shape index (κ2) is 6.57. The van der Waals surface area contributed by atoms with Gasteiger partial charge in [0.05, 0.1) is 12.1 Å². The average molecular weight is 335 g/mol. The van der Waals surface area contributed by atoms with Crippen LogP contribution in [0.5, 0.6) is 0 Å². The molecule has 0 saturated carbocycles. The van der Waals surface area contributed by atoms with Crippen LogP contribution in [0.15, 0.2) is 18.2 Å². The monoisotopic (exact) mass is 335 g/mol. The predicted molar refractivity (Wildman–Crippen MR) is 79.5 cm³/mol. The van der Waals surface area contributed by atoms with Gasteiger partial charge in [-0.05, 0) is 25.1 Å². The van der Waals surface area contributed by atoms with Gasteiger partial charge in [0, 0.05) is 19.2 Å². The van der Waals surface area contributed by atoms with E-state index in [0.29, 0.717) is 9.80 Å². The maximum Gasteiger partial charge on any atom is 0.334 e. The quantitative estimate of drug-likeness (QED) is 0.486. The number of amides is 5. The van der Waals surface area contributed by atoms with Crippen molar-refractivity contribution in [2.75, 3.05) is 18.4 Å². The van der Waals surface area contributed by atoms with Gasteiger partial charge in [0.2, 0.25) is 5.91 Å². The molecule has 1 aliphatic heterocycles. The lowest BCUT2D eigenvalue weighted by atomic mass is 10.1. The van der Waals surface area contributed by atoms with Crippen molar-refractivity contribution in [3.05, 3.63) is 29.6 Å². The Bertz CT molecular complexity index is 761. The number of likely N-dealkylation sites (N-methyl/N-ethyl adjacent to an activating group) is 1. The summed E-state index contributed by atoms with van der Waals surface area (Å²) in [6.45, 7) is 2.01. The van der Waals surface area contributed by atoms with Crippen LogP contribution in [0.4, 0.5) is 14.9 Å². The van der Waals surface area contributed by atoms with Gasteiger partial charge in [0.25, 0.3) is 0 Å². The van der Waals surface area contributed by atoms with E-state index in [9.17, 15) is 28.4 Å². The Morgan fingerprint density at radius 1 is 1.12 bits per heavy atom. The number of rotatable bonds is 5. The Morgan fingerprint density at radius 3 is 2.25 bits per heavy atom. The molecule has 0 bridgehead atoms. The molecule has 8 nitrogen and oxygen atoms in total. The normalized spacial score (nSPS) is 14.4. The van der Waals surface area contributed by atoms with E-state index in [1.807, 2.05) is 0 Å². The molecule has 126 valence electrons. The molecule has 5 amide bonds. The molecule has 0 radical (unpaired) electrons. The first-order chi connectivity index (χ1) is 11.3. The third-order valence-corrected chi connectivity index (χ3v) is 3.34. The summed E-state index contributed by atoms with van der Waals surface area (Å²) in [5.74, 6) is -4.29. The smallest absolute Gasteiger partial charge is 0.326 e. The maximum absolute atomic E-state index is 14.0. The van der Waals surface area contributed by atoms with Gasteiger partial charge >= 0.3 is 17.8 Å². The summed E-state index contributed by atoms with van der Waals surface area (Å²) in [5, 5.41) is 2.36. The number of hydrogen-bond donors (Lipinski definition) is 1. The topological polar surface area (TPSA) is 104 Å². The highest BCUT2D eigenvalue weighted by Gasteiger charge is 2.44. The van der Waals surface area contributed by atoms with Crippen molar-refractivity contribution in [3.63, 3.8) is 0 Å². The molecule has 0 atom stereocenters. The maximum atomic E-state index is 14.0. The van der Waals surface area contributed by atoms with Crippen LogP contribution in [-0.4, -0.2) is 52.4 Å². The number of hydrogen-bond acceptors (Lipinski definition) is 5. The largest absolute Gasteiger partial charge is 0.334 e. The number of halogens is 1. The van der Waals surface area contributed by atoms with E-state index in [0.717, 1.165) is 12.1 Å². The van der Waals surface area contributed by atoms with Crippen LogP contribution in [0.1, 0.15) is 24.2 Å². The molecular weight excluding hydrogens is 321 g/mol. The van der Waals surface area contributed by atoms with Gasteiger partial charge in [-0.2, -0.15) is 0 Å². The lowest BCUT2D eigenvalue weighted by molar-refractivity contribution is -0.143. The molecule has 1 saturated heterocycles. The van der Waals surface area contributed by atoms with Crippen LogP contribution in [0.3, 0.4) is 0 Å². The highest BCUT2D eigenvalue weighted by Crippen LogP contribution is 2.17. The fraction of sp³-hybridized carbons (Fsp3) is 0.267. The second-order valence-electron chi connectivity index (χ2n) is 5.02. The third kappa shape index (κ3) is 3.14. The third-order valence-electron chi connectivity index (χ3n) is 3.34. The minimum atomic E-state index is -1.12. The van der Waals surface area contributed by atoms with Crippen LogP contribution in [0, 0.1) is 5.82 Å². The molecule has 2 rings (SSSR count). The van der Waals surface area contributed by atoms with Crippen LogP contribution in [-0.2, 0) is 14.4 Å². The summed E-state index contributed by atoms with van der Waals surface area (Å²) >= 11 is 0. The Hall–Kier alpha value is -3.10. The van der Waals surface area contributed by atoms with E-state index < -0.39 is 41.9 Å². The average Bonchev–Trinajstić information content (AvgIpc) is 2.70. The number of imide groups is 2. The fourth-order valence-electron chi connectivity index (χ4n) is 2.22. The SMILES string of the molecule is CCN1C(=O)C(=O)N(CC(=O)c2ccc(NC(C)=O)cc2F)C1=O. The summed E-state index contributed by atoms with van der Waals surface area (Å²) in [6, 6.07) is 2.49. The summed E-state index contributed by atoms with van der Waals surface area (Å²) in [7, 11) is 0. The number of anilines is 1. The summed E-state index contributed by atoms with van der Waals surface area (Å²) < 4.78 is 14.0. The van der Waals surface area contributed by atoms with E-state index >= 15 is 0 Å². The zero-order chi connectivity index (χ0) is 18.0. The van der Waals surface area contributed by atoms with Gasteiger partial charge in [0.15, 0.2) is 5.78 Å². The lowest BCUT2D eigenvalue weighted by Gasteiger charge is -2.13. The van der Waals surface area contributed by atoms with Gasteiger partial charge in [-0.3, -0.25) is 24.1 Å². The van der Waals surface area contributed by atoms with Crippen LogP contribution < -0.4 is 5.32 Å². The number of nitrogens with one attached hydrogen (secondary N) is 1. The van der Waals surface area contributed by atoms with E-state index in [1.54, 1.807) is 0 Å². The first-order valence-corrected chi connectivity index (χ1v) is 7.04. The molecule has 1 aromatic rings. The van der Waals surface area contributed by atoms with Crippen molar-refractivity contribution in [1.29, 1.82) is 0 Å². The molecule has 1 aromatic carbocycles. The number of ketones is 1. The summed E-state index contributed by atoms with van der Waals surface area (Å²) in [6.07, 6.45) is 0. The number of urea groups is 1. The predicted octanol–water partition coefficient (Wildman–Crippen LogP) is 0.777. The number of carbonyl (C=O) groups excluding carboxylic acids is 5. The number of carbonyl (C=O) groups is 5. The second-order valence-corrected chi connectivity index (χ2v) is 5.02. The van der Waals surface area contributed by atoms with E-state index in [2.05, 4.69) is 5.32 Å². The molecule has 24 heavy (non-hydrogen) atoms. The lowest BCUT2D eigenvalue weighted by Crippen LogP contribution is -2.37. The van der Waals surface area contributed by atoms with Crippen molar-refractivity contribution in [3.8, 4) is 0 Å². The molecule has 0 aromatic heterocycles. The van der Waals surface area contributed by atoms with E-state index in [4.69, 9.17) is 0 Å². The van der Waals surface area contributed by atoms with Crippen molar-refractivity contribution < 1.29 is 28.4 Å². The van der Waals surface area contributed by atoms with Gasteiger partial charge in [-0.1, -0.05) is 0 Å². The minimum Gasteiger partial charge on any atom is -0.326 e. The van der Waals surface area contributed by atoms with Crippen molar-refractivity contribution in [1.82, 2.24) is 9.80 Å². The van der Waals surface area contributed by atoms with E-state index in [-0.39, 0.29) is 17.8 Å².